The molecule has 1 aliphatic rings. The van der Waals surface area contributed by atoms with Crippen molar-refractivity contribution in [3.05, 3.63) is 35.1 Å². The Labute approximate surface area is 108 Å². The summed E-state index contributed by atoms with van der Waals surface area (Å²) in [6, 6.07) is 4.88. The first-order valence-corrected chi connectivity index (χ1v) is 6.76. The second-order valence-electron chi connectivity index (χ2n) is 5.42. The Morgan fingerprint density at radius 3 is 2.61 bits per heavy atom. The summed E-state index contributed by atoms with van der Waals surface area (Å²) in [5, 5.41) is 13.1. The molecule has 18 heavy (non-hydrogen) atoms. The molecule has 1 aromatic carbocycles. The van der Waals surface area contributed by atoms with Gasteiger partial charge in [0.15, 0.2) is 0 Å². The summed E-state index contributed by atoms with van der Waals surface area (Å²) in [5.41, 5.74) is 1.94. The van der Waals surface area contributed by atoms with Crippen molar-refractivity contribution in [2.24, 2.45) is 0 Å². The molecule has 1 saturated carbocycles. The zero-order valence-corrected chi connectivity index (χ0v) is 11.0. The van der Waals surface area contributed by atoms with Gasteiger partial charge in [0.1, 0.15) is 5.82 Å². The van der Waals surface area contributed by atoms with Gasteiger partial charge in [0, 0.05) is 12.1 Å². The summed E-state index contributed by atoms with van der Waals surface area (Å²) >= 11 is 0. The maximum Gasteiger partial charge on any atom is 0.123 e. The lowest BCUT2D eigenvalue weighted by molar-refractivity contribution is 0.119. The fourth-order valence-electron chi connectivity index (χ4n) is 2.76. The van der Waals surface area contributed by atoms with Gasteiger partial charge in [-0.05, 0) is 43.0 Å². The molecule has 0 aromatic heterocycles. The number of aliphatic hydroxyl groups excluding tert-OH is 1. The highest BCUT2D eigenvalue weighted by Gasteiger charge is 2.30. The zero-order chi connectivity index (χ0) is 13.0. The van der Waals surface area contributed by atoms with E-state index < -0.39 is 0 Å². The van der Waals surface area contributed by atoms with Crippen molar-refractivity contribution in [2.75, 3.05) is 6.61 Å². The SMILES string of the molecule is Cc1cc(F)ccc1CNC1(CO)CCCCC1. The Morgan fingerprint density at radius 2 is 2.00 bits per heavy atom. The van der Waals surface area contributed by atoms with Gasteiger partial charge in [0.05, 0.1) is 6.61 Å². The highest BCUT2D eigenvalue weighted by Crippen LogP contribution is 2.28. The van der Waals surface area contributed by atoms with Crippen LogP contribution in [0.4, 0.5) is 4.39 Å². The number of aliphatic hydroxyl groups is 1. The highest BCUT2D eigenvalue weighted by atomic mass is 19.1. The van der Waals surface area contributed by atoms with Gasteiger partial charge in [-0.3, -0.25) is 0 Å². The number of halogens is 1. The monoisotopic (exact) mass is 251 g/mol. The van der Waals surface area contributed by atoms with E-state index in [4.69, 9.17) is 0 Å². The van der Waals surface area contributed by atoms with E-state index in [2.05, 4.69) is 5.32 Å². The zero-order valence-electron chi connectivity index (χ0n) is 11.0. The molecule has 0 radical (unpaired) electrons. The van der Waals surface area contributed by atoms with Gasteiger partial charge in [0.25, 0.3) is 0 Å². The van der Waals surface area contributed by atoms with Crippen LogP contribution in [0.25, 0.3) is 0 Å². The van der Waals surface area contributed by atoms with E-state index in [0.29, 0.717) is 6.54 Å². The van der Waals surface area contributed by atoms with Crippen molar-refractivity contribution >= 4 is 0 Å². The standard InChI is InChI=1S/C15H22FNO/c1-12-9-14(16)6-5-13(12)10-17-15(11-18)7-3-2-4-8-15/h5-6,9,17-18H,2-4,7-8,10-11H2,1H3. The molecule has 0 saturated heterocycles. The number of nitrogens with one attached hydrogen (secondary N) is 1. The smallest absolute Gasteiger partial charge is 0.123 e. The van der Waals surface area contributed by atoms with Gasteiger partial charge in [-0.25, -0.2) is 4.39 Å². The van der Waals surface area contributed by atoms with Crippen LogP contribution in [0.15, 0.2) is 18.2 Å². The van der Waals surface area contributed by atoms with E-state index in [9.17, 15) is 9.50 Å². The first-order valence-electron chi connectivity index (χ1n) is 6.76. The lowest BCUT2D eigenvalue weighted by atomic mass is 9.82. The quantitative estimate of drug-likeness (QED) is 0.862. The van der Waals surface area contributed by atoms with E-state index in [1.807, 2.05) is 13.0 Å². The van der Waals surface area contributed by atoms with Crippen LogP contribution in [-0.2, 0) is 6.54 Å². The third-order valence-corrected chi connectivity index (χ3v) is 4.07. The van der Waals surface area contributed by atoms with Crippen LogP contribution in [-0.4, -0.2) is 17.3 Å². The molecule has 0 unspecified atom stereocenters. The highest BCUT2D eigenvalue weighted by molar-refractivity contribution is 5.26. The van der Waals surface area contributed by atoms with E-state index in [-0.39, 0.29) is 18.0 Å². The molecule has 0 spiro atoms. The minimum atomic E-state index is -0.189. The Kier molecular flexibility index (Phi) is 4.36. The largest absolute Gasteiger partial charge is 0.394 e. The molecular formula is C15H22FNO. The third-order valence-electron chi connectivity index (χ3n) is 4.07. The molecule has 2 rings (SSSR count). The first kappa shape index (κ1) is 13.5. The van der Waals surface area contributed by atoms with Crippen LogP contribution in [0, 0.1) is 12.7 Å². The number of hydrogen-bond acceptors (Lipinski definition) is 2. The van der Waals surface area contributed by atoms with E-state index in [1.54, 1.807) is 6.07 Å². The van der Waals surface area contributed by atoms with E-state index in [0.717, 1.165) is 24.0 Å². The minimum Gasteiger partial charge on any atom is -0.394 e. The van der Waals surface area contributed by atoms with Crippen LogP contribution in [0.3, 0.4) is 0 Å². The summed E-state index contributed by atoms with van der Waals surface area (Å²) < 4.78 is 13.0. The number of benzene rings is 1. The van der Waals surface area contributed by atoms with Crippen molar-refractivity contribution in [1.29, 1.82) is 0 Å². The molecule has 0 amide bonds. The molecule has 0 atom stereocenters. The first-order chi connectivity index (χ1) is 8.65. The number of rotatable bonds is 4. The van der Waals surface area contributed by atoms with Gasteiger partial charge in [-0.2, -0.15) is 0 Å². The predicted octanol–water partition coefficient (Wildman–Crippen LogP) is 2.92. The molecule has 1 fully saturated rings. The van der Waals surface area contributed by atoms with Crippen molar-refractivity contribution in [1.82, 2.24) is 5.32 Å². The average Bonchev–Trinajstić information content (AvgIpc) is 2.39. The van der Waals surface area contributed by atoms with Crippen LogP contribution in [0.2, 0.25) is 0 Å². The molecule has 0 heterocycles. The van der Waals surface area contributed by atoms with Crippen molar-refractivity contribution in [2.45, 2.75) is 51.1 Å². The fourth-order valence-corrected chi connectivity index (χ4v) is 2.76. The molecule has 1 aliphatic carbocycles. The normalized spacial score (nSPS) is 18.8. The average molecular weight is 251 g/mol. The van der Waals surface area contributed by atoms with E-state index in [1.165, 1.54) is 25.3 Å². The third kappa shape index (κ3) is 3.09. The Bertz CT molecular complexity index is 399. The lowest BCUT2D eigenvalue weighted by Crippen LogP contribution is -2.49. The van der Waals surface area contributed by atoms with Crippen LogP contribution >= 0.6 is 0 Å². The second kappa shape index (κ2) is 5.81. The summed E-state index contributed by atoms with van der Waals surface area (Å²) in [6.07, 6.45) is 5.68. The van der Waals surface area contributed by atoms with Gasteiger partial charge in [-0.1, -0.05) is 25.3 Å². The summed E-state index contributed by atoms with van der Waals surface area (Å²) in [7, 11) is 0. The minimum absolute atomic E-state index is 0.126. The number of aryl methyl sites for hydroxylation is 1. The summed E-state index contributed by atoms with van der Waals surface area (Å²) in [5.74, 6) is -0.189. The Morgan fingerprint density at radius 1 is 1.28 bits per heavy atom. The Balaban J connectivity index is 2.01. The molecule has 2 nitrogen and oxygen atoms in total. The topological polar surface area (TPSA) is 32.3 Å². The van der Waals surface area contributed by atoms with Gasteiger partial charge >= 0.3 is 0 Å². The fraction of sp³-hybridized carbons (Fsp3) is 0.600. The maximum absolute atomic E-state index is 13.0. The second-order valence-corrected chi connectivity index (χ2v) is 5.42. The summed E-state index contributed by atoms with van der Waals surface area (Å²) in [4.78, 5) is 0. The van der Waals surface area contributed by atoms with Crippen molar-refractivity contribution in [3.63, 3.8) is 0 Å². The van der Waals surface area contributed by atoms with Gasteiger partial charge in [0.2, 0.25) is 0 Å². The molecule has 100 valence electrons. The van der Waals surface area contributed by atoms with Crippen LogP contribution in [0.1, 0.15) is 43.2 Å². The lowest BCUT2D eigenvalue weighted by Gasteiger charge is -2.37. The molecule has 1 aromatic rings. The molecule has 3 heteroatoms. The summed E-state index contributed by atoms with van der Waals surface area (Å²) in [6.45, 7) is 2.81. The molecular weight excluding hydrogens is 229 g/mol. The van der Waals surface area contributed by atoms with Crippen molar-refractivity contribution in [3.8, 4) is 0 Å². The Hall–Kier alpha value is -0.930. The molecule has 0 aliphatic heterocycles. The number of hydrogen-bond donors (Lipinski definition) is 2. The molecule has 0 bridgehead atoms. The van der Waals surface area contributed by atoms with Gasteiger partial charge in [-0.15, -0.1) is 0 Å². The predicted molar refractivity (Wildman–Crippen MR) is 70.9 cm³/mol. The van der Waals surface area contributed by atoms with Crippen LogP contribution < -0.4 is 5.32 Å². The van der Waals surface area contributed by atoms with Crippen LogP contribution in [0.5, 0.6) is 0 Å². The van der Waals surface area contributed by atoms with Crippen molar-refractivity contribution < 1.29 is 9.50 Å². The maximum atomic E-state index is 13.0. The van der Waals surface area contributed by atoms with Gasteiger partial charge < -0.3 is 10.4 Å². The molecule has 2 N–H and O–H groups in total. The van der Waals surface area contributed by atoms with E-state index >= 15 is 0 Å².